The molecule has 0 saturated heterocycles. The predicted octanol–water partition coefficient (Wildman–Crippen LogP) is 3.59. The highest BCUT2D eigenvalue weighted by atomic mass is 19.2. The maximum Gasteiger partial charge on any atom is 0.357 e. The Labute approximate surface area is 137 Å². The topological polar surface area (TPSA) is 52.6 Å². The van der Waals surface area contributed by atoms with Gasteiger partial charge in [0.2, 0.25) is 40.9 Å². The van der Waals surface area contributed by atoms with Crippen LogP contribution in [0, 0.1) is 29.1 Å². The number of halogens is 5. The van der Waals surface area contributed by atoms with Crippen LogP contribution in [0.15, 0.2) is 30.3 Å². The van der Waals surface area contributed by atoms with Gasteiger partial charge in [0.25, 0.3) is 0 Å². The molecular formula is C16H9F5O4. The van der Waals surface area contributed by atoms with E-state index in [2.05, 4.69) is 4.74 Å². The lowest BCUT2D eigenvalue weighted by Gasteiger charge is -2.17. The van der Waals surface area contributed by atoms with Crippen LogP contribution in [0.3, 0.4) is 0 Å². The Kier molecular flexibility index (Phi) is 5.35. The molecule has 0 unspecified atom stereocenters. The van der Waals surface area contributed by atoms with E-state index in [1.165, 1.54) is 24.3 Å². The summed E-state index contributed by atoms with van der Waals surface area (Å²) >= 11 is 0. The second-order valence-electron chi connectivity index (χ2n) is 4.72. The minimum Gasteiger partial charge on any atom is -0.446 e. The van der Waals surface area contributed by atoms with Gasteiger partial charge in [0.1, 0.15) is 0 Å². The van der Waals surface area contributed by atoms with Crippen molar-refractivity contribution in [3.05, 3.63) is 65.0 Å². The van der Waals surface area contributed by atoms with Crippen molar-refractivity contribution in [3.8, 4) is 5.75 Å². The van der Waals surface area contributed by atoms with Crippen LogP contribution in [0.4, 0.5) is 22.0 Å². The second kappa shape index (κ2) is 7.29. The molecular weight excluding hydrogens is 351 g/mol. The molecule has 0 amide bonds. The normalized spacial score (nSPS) is 11.8. The minimum atomic E-state index is -2.39. The summed E-state index contributed by atoms with van der Waals surface area (Å²) in [5.41, 5.74) is 0.0755. The number of ether oxygens (including phenoxy) is 2. The summed E-state index contributed by atoms with van der Waals surface area (Å²) in [6, 6.07) is 7.19. The van der Waals surface area contributed by atoms with Crippen LogP contribution in [-0.4, -0.2) is 11.9 Å². The highest BCUT2D eigenvalue weighted by Gasteiger charge is 2.32. The highest BCUT2D eigenvalue weighted by molar-refractivity contribution is 5.82. The summed E-state index contributed by atoms with van der Waals surface area (Å²) < 4.78 is 75.5. The van der Waals surface area contributed by atoms with Crippen molar-refractivity contribution in [3.63, 3.8) is 0 Å². The van der Waals surface area contributed by atoms with Gasteiger partial charge in [-0.25, -0.2) is 18.0 Å². The summed E-state index contributed by atoms with van der Waals surface area (Å²) in [6.45, 7) is 0.960. The Morgan fingerprint density at radius 3 is 1.80 bits per heavy atom. The number of carbonyl (C=O) groups excluding carboxylic acids is 2. The van der Waals surface area contributed by atoms with Gasteiger partial charge < -0.3 is 9.47 Å². The first-order valence-electron chi connectivity index (χ1n) is 6.69. The number of hydrogen-bond donors (Lipinski definition) is 0. The van der Waals surface area contributed by atoms with Gasteiger partial charge in [-0.05, 0) is 0 Å². The van der Waals surface area contributed by atoms with Crippen LogP contribution in [-0.2, 0) is 14.3 Å². The molecule has 0 radical (unpaired) electrons. The Morgan fingerprint density at radius 1 is 0.840 bits per heavy atom. The van der Waals surface area contributed by atoms with Crippen LogP contribution in [0.2, 0.25) is 0 Å². The van der Waals surface area contributed by atoms with Crippen LogP contribution >= 0.6 is 0 Å². The van der Waals surface area contributed by atoms with E-state index in [4.69, 9.17) is 4.74 Å². The smallest absolute Gasteiger partial charge is 0.357 e. The molecule has 0 aliphatic rings. The Hall–Kier alpha value is -2.97. The summed E-state index contributed by atoms with van der Waals surface area (Å²) in [7, 11) is 0. The molecule has 0 bridgehead atoms. The third-order valence-corrected chi connectivity index (χ3v) is 2.97. The van der Waals surface area contributed by atoms with Crippen LogP contribution in [0.5, 0.6) is 5.75 Å². The zero-order valence-electron chi connectivity index (χ0n) is 12.5. The average Bonchev–Trinajstić information content (AvgIpc) is 2.60. The van der Waals surface area contributed by atoms with E-state index >= 15 is 0 Å². The molecule has 0 aromatic heterocycles. The number of esters is 2. The Morgan fingerprint density at radius 2 is 1.32 bits per heavy atom. The van der Waals surface area contributed by atoms with E-state index in [0.717, 1.165) is 6.92 Å². The SMILES string of the molecule is CC(=O)O[C@H](C(=O)Oc1c(F)c(F)c(F)c(F)c1F)c1ccccc1. The van der Waals surface area contributed by atoms with Crippen LogP contribution in [0.25, 0.3) is 0 Å². The number of benzene rings is 2. The molecule has 1 atom stereocenters. The first-order chi connectivity index (χ1) is 11.7. The Balaban J connectivity index is 2.41. The van der Waals surface area contributed by atoms with E-state index in [0.29, 0.717) is 0 Å². The van der Waals surface area contributed by atoms with E-state index in [1.54, 1.807) is 6.07 Å². The van der Waals surface area contributed by atoms with Crippen LogP contribution in [0.1, 0.15) is 18.6 Å². The van der Waals surface area contributed by atoms with Gasteiger partial charge in [-0.15, -0.1) is 0 Å². The molecule has 0 aliphatic heterocycles. The minimum absolute atomic E-state index is 0.0755. The Bertz CT molecular complexity index is 794. The van der Waals surface area contributed by atoms with Gasteiger partial charge in [0, 0.05) is 12.5 Å². The highest BCUT2D eigenvalue weighted by Crippen LogP contribution is 2.31. The molecule has 0 fully saturated rings. The molecule has 2 aromatic rings. The molecule has 0 saturated carbocycles. The largest absolute Gasteiger partial charge is 0.446 e. The molecule has 4 nitrogen and oxygen atoms in total. The fraction of sp³-hybridized carbons (Fsp3) is 0.125. The van der Waals surface area contributed by atoms with E-state index < -0.39 is 52.9 Å². The molecule has 0 N–H and O–H groups in total. The third-order valence-electron chi connectivity index (χ3n) is 2.97. The maximum atomic E-state index is 13.6. The molecule has 2 aromatic carbocycles. The first-order valence-corrected chi connectivity index (χ1v) is 6.69. The zero-order chi connectivity index (χ0) is 18.7. The molecule has 0 heterocycles. The fourth-order valence-corrected chi connectivity index (χ4v) is 1.87. The molecule has 0 spiro atoms. The lowest BCUT2D eigenvalue weighted by atomic mass is 10.1. The molecule has 132 valence electrons. The molecule has 25 heavy (non-hydrogen) atoms. The van der Waals surface area contributed by atoms with Crippen molar-refractivity contribution in [1.82, 2.24) is 0 Å². The lowest BCUT2D eigenvalue weighted by molar-refractivity contribution is -0.161. The van der Waals surface area contributed by atoms with Gasteiger partial charge in [-0.2, -0.15) is 8.78 Å². The number of hydrogen-bond acceptors (Lipinski definition) is 4. The lowest BCUT2D eigenvalue weighted by Crippen LogP contribution is -2.24. The van der Waals surface area contributed by atoms with Gasteiger partial charge in [0.05, 0.1) is 0 Å². The van der Waals surface area contributed by atoms with Crippen molar-refractivity contribution in [2.24, 2.45) is 0 Å². The number of rotatable bonds is 4. The average molecular weight is 360 g/mol. The molecule has 9 heteroatoms. The predicted molar refractivity (Wildman–Crippen MR) is 72.8 cm³/mol. The second-order valence-corrected chi connectivity index (χ2v) is 4.72. The third kappa shape index (κ3) is 3.76. The van der Waals surface area contributed by atoms with Crippen molar-refractivity contribution < 1.29 is 41.0 Å². The van der Waals surface area contributed by atoms with E-state index in [9.17, 15) is 31.5 Å². The van der Waals surface area contributed by atoms with Crippen molar-refractivity contribution in [1.29, 1.82) is 0 Å². The van der Waals surface area contributed by atoms with E-state index in [-0.39, 0.29) is 5.56 Å². The van der Waals surface area contributed by atoms with Crippen molar-refractivity contribution in [2.45, 2.75) is 13.0 Å². The number of carbonyl (C=O) groups is 2. The fourth-order valence-electron chi connectivity index (χ4n) is 1.87. The van der Waals surface area contributed by atoms with Crippen molar-refractivity contribution in [2.75, 3.05) is 0 Å². The van der Waals surface area contributed by atoms with Gasteiger partial charge in [-0.1, -0.05) is 30.3 Å². The van der Waals surface area contributed by atoms with Gasteiger partial charge >= 0.3 is 11.9 Å². The van der Waals surface area contributed by atoms with E-state index in [1.807, 2.05) is 0 Å². The summed E-state index contributed by atoms with van der Waals surface area (Å²) in [6.07, 6.45) is -1.76. The first kappa shape index (κ1) is 18.4. The quantitative estimate of drug-likeness (QED) is 0.275. The van der Waals surface area contributed by atoms with Crippen LogP contribution < -0.4 is 4.74 Å². The maximum absolute atomic E-state index is 13.6. The van der Waals surface area contributed by atoms with Gasteiger partial charge in [-0.3, -0.25) is 4.79 Å². The molecule has 0 aliphatic carbocycles. The van der Waals surface area contributed by atoms with Gasteiger partial charge in [0.15, 0.2) is 0 Å². The summed E-state index contributed by atoms with van der Waals surface area (Å²) in [5.74, 6) is -15.8. The van der Waals surface area contributed by atoms with Crippen molar-refractivity contribution >= 4 is 11.9 Å². The molecule has 2 rings (SSSR count). The monoisotopic (exact) mass is 360 g/mol. The summed E-state index contributed by atoms with van der Waals surface area (Å²) in [5, 5.41) is 0. The summed E-state index contributed by atoms with van der Waals surface area (Å²) in [4.78, 5) is 23.2. The zero-order valence-corrected chi connectivity index (χ0v) is 12.5. The standard InChI is InChI=1S/C16H9F5O4/c1-7(22)24-14(8-5-3-2-4-6-8)16(23)25-15-12(20)10(18)9(17)11(19)13(15)21/h2-6,14H,1H3/t14-/m0/s1.